The van der Waals surface area contributed by atoms with Gasteiger partial charge in [-0.15, -0.1) is 0 Å². The Labute approximate surface area is 121 Å². The average Bonchev–Trinajstić information content (AvgIpc) is 2.39. The van der Waals surface area contributed by atoms with Crippen LogP contribution in [0.1, 0.15) is 12.5 Å². The van der Waals surface area contributed by atoms with Crippen LogP contribution < -0.4 is 10.6 Å². The first-order valence-electron chi connectivity index (χ1n) is 5.56. The zero-order chi connectivity index (χ0) is 14.4. The molecule has 0 fully saturated rings. The van der Waals surface area contributed by atoms with Gasteiger partial charge in [-0.05, 0) is 25.1 Å². The maximum absolute atomic E-state index is 11.7. The normalized spacial score (nSPS) is 11.1. The van der Waals surface area contributed by atoms with E-state index < -0.39 is 0 Å². The molecule has 0 bridgehead atoms. The summed E-state index contributed by atoms with van der Waals surface area (Å²) in [5.74, 6) is -0.614. The summed E-state index contributed by atoms with van der Waals surface area (Å²) in [6.45, 7) is 1.55. The van der Waals surface area contributed by atoms with Crippen LogP contribution >= 0.6 is 23.2 Å². The predicted molar refractivity (Wildman–Crippen MR) is 77.2 cm³/mol. The molecule has 4 nitrogen and oxygen atoms in total. The molecule has 102 valence electrons. The van der Waals surface area contributed by atoms with Gasteiger partial charge in [-0.1, -0.05) is 29.3 Å². The van der Waals surface area contributed by atoms with Gasteiger partial charge in [0.1, 0.15) is 0 Å². The lowest BCUT2D eigenvalue weighted by molar-refractivity contribution is -0.123. The minimum Gasteiger partial charge on any atom is -0.358 e. The third-order valence-corrected chi connectivity index (χ3v) is 3.07. The molecule has 1 rings (SSSR count). The molecule has 0 saturated heterocycles. The highest BCUT2D eigenvalue weighted by atomic mass is 35.5. The van der Waals surface area contributed by atoms with E-state index in [1.807, 2.05) is 0 Å². The third kappa shape index (κ3) is 4.58. The predicted octanol–water partition coefficient (Wildman–Crippen LogP) is 2.26. The topological polar surface area (TPSA) is 58.2 Å². The Morgan fingerprint density at radius 3 is 2.37 bits per heavy atom. The van der Waals surface area contributed by atoms with Gasteiger partial charge in [-0.3, -0.25) is 9.59 Å². The maximum Gasteiger partial charge on any atom is 0.247 e. The second kappa shape index (κ2) is 7.16. The van der Waals surface area contributed by atoms with Crippen LogP contribution in [-0.4, -0.2) is 25.4 Å². The summed E-state index contributed by atoms with van der Waals surface area (Å²) in [7, 11) is 1.50. The molecule has 0 aliphatic heterocycles. The fourth-order valence-corrected chi connectivity index (χ4v) is 1.83. The van der Waals surface area contributed by atoms with Crippen LogP contribution in [0.2, 0.25) is 10.0 Å². The van der Waals surface area contributed by atoms with E-state index in [1.54, 1.807) is 31.2 Å². The fraction of sp³-hybridized carbons (Fsp3) is 0.231. The number of amides is 2. The number of carbonyl (C=O) groups excluding carboxylic acids is 2. The number of carbonyl (C=O) groups is 2. The fourth-order valence-electron chi connectivity index (χ4n) is 1.32. The lowest BCUT2D eigenvalue weighted by Crippen LogP contribution is -2.35. The van der Waals surface area contributed by atoms with Crippen molar-refractivity contribution in [3.63, 3.8) is 0 Å². The lowest BCUT2D eigenvalue weighted by atomic mass is 10.1. The zero-order valence-electron chi connectivity index (χ0n) is 10.6. The molecule has 0 aromatic heterocycles. The summed E-state index contributed by atoms with van der Waals surface area (Å²) < 4.78 is 0. The SMILES string of the molecule is CNC(=O)CNC(=O)/C(C)=C/c1c(Cl)cccc1Cl. The van der Waals surface area contributed by atoms with Crippen LogP contribution in [0, 0.1) is 0 Å². The second-order valence-electron chi connectivity index (χ2n) is 3.82. The number of hydrogen-bond acceptors (Lipinski definition) is 2. The number of hydrogen-bond donors (Lipinski definition) is 2. The van der Waals surface area contributed by atoms with Crippen molar-refractivity contribution in [2.45, 2.75) is 6.92 Å². The molecular formula is C13H14Cl2N2O2. The Bertz CT molecular complexity index is 507. The third-order valence-electron chi connectivity index (χ3n) is 2.41. The summed E-state index contributed by atoms with van der Waals surface area (Å²) in [5, 5.41) is 5.83. The van der Waals surface area contributed by atoms with Crippen molar-refractivity contribution in [1.29, 1.82) is 0 Å². The van der Waals surface area contributed by atoms with Crippen LogP contribution in [0.15, 0.2) is 23.8 Å². The van der Waals surface area contributed by atoms with Gasteiger partial charge in [0.15, 0.2) is 0 Å². The Morgan fingerprint density at radius 1 is 1.26 bits per heavy atom. The van der Waals surface area contributed by atoms with Gasteiger partial charge >= 0.3 is 0 Å². The standard InChI is InChI=1S/C13H14Cl2N2O2/c1-8(13(19)17-7-12(18)16-2)6-9-10(14)4-3-5-11(9)15/h3-6H,7H2,1-2H3,(H,16,18)(H,17,19)/b8-6+. The van der Waals surface area contributed by atoms with Crippen molar-refractivity contribution in [1.82, 2.24) is 10.6 Å². The lowest BCUT2D eigenvalue weighted by Gasteiger charge is -2.06. The monoisotopic (exact) mass is 300 g/mol. The molecular weight excluding hydrogens is 287 g/mol. The maximum atomic E-state index is 11.7. The Kier molecular flexibility index (Phi) is 5.86. The van der Waals surface area contributed by atoms with E-state index >= 15 is 0 Å². The molecule has 1 aromatic rings. The molecule has 19 heavy (non-hydrogen) atoms. The smallest absolute Gasteiger partial charge is 0.247 e. The van der Waals surface area contributed by atoms with Gasteiger partial charge < -0.3 is 10.6 Å². The first-order valence-corrected chi connectivity index (χ1v) is 6.32. The quantitative estimate of drug-likeness (QED) is 0.838. The highest BCUT2D eigenvalue weighted by Gasteiger charge is 2.09. The molecule has 0 spiro atoms. The zero-order valence-corrected chi connectivity index (χ0v) is 12.1. The Morgan fingerprint density at radius 2 is 1.84 bits per heavy atom. The van der Waals surface area contributed by atoms with Gasteiger partial charge in [0.05, 0.1) is 6.54 Å². The van der Waals surface area contributed by atoms with Crippen molar-refractivity contribution in [3.05, 3.63) is 39.4 Å². The van der Waals surface area contributed by atoms with E-state index in [-0.39, 0.29) is 18.4 Å². The van der Waals surface area contributed by atoms with E-state index in [0.29, 0.717) is 21.2 Å². The molecule has 2 N–H and O–H groups in total. The van der Waals surface area contributed by atoms with Crippen molar-refractivity contribution in [2.75, 3.05) is 13.6 Å². The summed E-state index contributed by atoms with van der Waals surface area (Å²) >= 11 is 12.0. The molecule has 0 aliphatic rings. The van der Waals surface area contributed by atoms with Gasteiger partial charge in [-0.2, -0.15) is 0 Å². The summed E-state index contributed by atoms with van der Waals surface area (Å²) in [6.07, 6.45) is 1.59. The highest BCUT2D eigenvalue weighted by molar-refractivity contribution is 6.37. The molecule has 0 atom stereocenters. The van der Waals surface area contributed by atoms with Crippen LogP contribution in [0.4, 0.5) is 0 Å². The van der Waals surface area contributed by atoms with Gasteiger partial charge in [0.2, 0.25) is 11.8 Å². The van der Waals surface area contributed by atoms with E-state index in [0.717, 1.165) is 0 Å². The van der Waals surface area contributed by atoms with E-state index in [4.69, 9.17) is 23.2 Å². The van der Waals surface area contributed by atoms with Gasteiger partial charge in [0, 0.05) is 28.2 Å². The molecule has 1 aromatic carbocycles. The molecule has 0 aliphatic carbocycles. The van der Waals surface area contributed by atoms with E-state index in [1.165, 1.54) is 7.05 Å². The number of likely N-dealkylation sites (N-methyl/N-ethyl adjacent to an activating group) is 1. The number of nitrogens with one attached hydrogen (secondary N) is 2. The first kappa shape index (κ1) is 15.5. The van der Waals surface area contributed by atoms with Crippen molar-refractivity contribution in [2.24, 2.45) is 0 Å². The summed E-state index contributed by atoms with van der Waals surface area (Å²) in [5.41, 5.74) is 0.998. The Hall–Kier alpha value is -1.52. The molecule has 0 heterocycles. The first-order chi connectivity index (χ1) is 8.95. The minimum atomic E-state index is -0.348. The van der Waals surface area contributed by atoms with Crippen LogP contribution in [0.25, 0.3) is 6.08 Å². The largest absolute Gasteiger partial charge is 0.358 e. The minimum absolute atomic E-state index is 0.0727. The summed E-state index contributed by atoms with van der Waals surface area (Å²) in [6, 6.07) is 5.10. The highest BCUT2D eigenvalue weighted by Crippen LogP contribution is 2.26. The van der Waals surface area contributed by atoms with Gasteiger partial charge in [0.25, 0.3) is 0 Å². The summed E-state index contributed by atoms with van der Waals surface area (Å²) in [4.78, 5) is 22.8. The second-order valence-corrected chi connectivity index (χ2v) is 4.63. The van der Waals surface area contributed by atoms with Crippen LogP contribution in [-0.2, 0) is 9.59 Å². The number of rotatable bonds is 4. The average molecular weight is 301 g/mol. The molecule has 0 unspecified atom stereocenters. The molecule has 0 radical (unpaired) electrons. The number of benzene rings is 1. The van der Waals surface area contributed by atoms with Crippen LogP contribution in [0.3, 0.4) is 0 Å². The molecule has 0 saturated carbocycles. The van der Waals surface area contributed by atoms with Crippen molar-refractivity contribution >= 4 is 41.1 Å². The van der Waals surface area contributed by atoms with Crippen molar-refractivity contribution in [3.8, 4) is 0 Å². The molecule has 6 heteroatoms. The van der Waals surface area contributed by atoms with Crippen molar-refractivity contribution < 1.29 is 9.59 Å². The Balaban J connectivity index is 2.81. The van der Waals surface area contributed by atoms with Gasteiger partial charge in [-0.25, -0.2) is 0 Å². The number of halogens is 2. The van der Waals surface area contributed by atoms with Crippen LogP contribution in [0.5, 0.6) is 0 Å². The molecule has 2 amide bonds. The van der Waals surface area contributed by atoms with E-state index in [9.17, 15) is 9.59 Å². The van der Waals surface area contributed by atoms with E-state index in [2.05, 4.69) is 10.6 Å².